The van der Waals surface area contributed by atoms with Crippen LogP contribution in [0.15, 0.2) is 40.5 Å². The first-order valence-corrected chi connectivity index (χ1v) is 9.84. The van der Waals surface area contributed by atoms with Gasteiger partial charge in [-0.05, 0) is 44.9 Å². The number of hydrogen-bond donors (Lipinski definition) is 0. The zero-order chi connectivity index (χ0) is 19.0. The van der Waals surface area contributed by atoms with Gasteiger partial charge in [-0.25, -0.2) is 9.79 Å². The molecule has 1 saturated heterocycles. The zero-order valence-corrected chi connectivity index (χ0v) is 16.7. The number of allylic oxidation sites excluding steroid dienone is 1. The van der Waals surface area contributed by atoms with Gasteiger partial charge in [0.25, 0.3) is 0 Å². The third kappa shape index (κ3) is 3.40. The maximum absolute atomic E-state index is 12.9. The highest BCUT2D eigenvalue weighted by Crippen LogP contribution is 2.44. The van der Waals surface area contributed by atoms with E-state index in [2.05, 4.69) is 4.99 Å². The molecule has 1 aromatic carbocycles. The summed E-state index contributed by atoms with van der Waals surface area (Å²) >= 11 is 7.47. The van der Waals surface area contributed by atoms with E-state index in [4.69, 9.17) is 16.3 Å². The molecule has 7 heteroatoms. The summed E-state index contributed by atoms with van der Waals surface area (Å²) in [5, 5.41) is 1.05. The standard InChI is InChI=1S/C19H21ClN2O3S/c1-5-14-17(23)22-16(12-6-8-13(20)9-7-12)15(18(24)25-10(2)3)11(4)21-19(22)26-14/h6-10,14,16H,5H2,1-4H3/t14-,16-/m1/s1. The van der Waals surface area contributed by atoms with Crippen LogP contribution in [0.3, 0.4) is 0 Å². The van der Waals surface area contributed by atoms with Gasteiger partial charge in [0.2, 0.25) is 5.91 Å². The van der Waals surface area contributed by atoms with E-state index in [1.807, 2.05) is 19.1 Å². The number of hydrogen-bond acceptors (Lipinski definition) is 5. The van der Waals surface area contributed by atoms with Gasteiger partial charge in [-0.2, -0.15) is 0 Å². The van der Waals surface area contributed by atoms with Gasteiger partial charge in [0.15, 0.2) is 5.17 Å². The van der Waals surface area contributed by atoms with Crippen LogP contribution in [0, 0.1) is 0 Å². The normalized spacial score (nSPS) is 22.6. The number of carbonyl (C=O) groups is 2. The second-order valence-electron chi connectivity index (χ2n) is 6.52. The topological polar surface area (TPSA) is 59.0 Å². The van der Waals surface area contributed by atoms with Crippen LogP contribution in [0.5, 0.6) is 0 Å². The van der Waals surface area contributed by atoms with Crippen LogP contribution >= 0.6 is 23.4 Å². The molecule has 0 bridgehead atoms. The molecule has 0 radical (unpaired) electrons. The Kier molecular flexibility index (Phi) is 5.44. The molecule has 2 aliphatic rings. The molecular formula is C19H21ClN2O3S. The van der Waals surface area contributed by atoms with E-state index in [1.54, 1.807) is 37.8 Å². The molecule has 1 aromatic rings. The fourth-order valence-corrected chi connectivity index (χ4v) is 4.35. The largest absolute Gasteiger partial charge is 0.459 e. The number of aliphatic imine (C=N–C) groups is 1. The predicted octanol–water partition coefficient (Wildman–Crippen LogP) is 4.33. The van der Waals surface area contributed by atoms with Gasteiger partial charge in [-0.15, -0.1) is 0 Å². The lowest BCUT2D eigenvalue weighted by molar-refractivity contribution is -0.143. The molecule has 0 aromatic heterocycles. The van der Waals surface area contributed by atoms with Crippen molar-refractivity contribution in [2.75, 3.05) is 0 Å². The lowest BCUT2D eigenvalue weighted by atomic mass is 9.94. The third-order valence-corrected chi connectivity index (χ3v) is 5.84. The quantitative estimate of drug-likeness (QED) is 0.715. The van der Waals surface area contributed by atoms with Crippen molar-refractivity contribution < 1.29 is 14.3 Å². The molecule has 1 fully saturated rings. The molecular weight excluding hydrogens is 372 g/mol. The Bertz CT molecular complexity index is 802. The Labute approximate surface area is 162 Å². The van der Waals surface area contributed by atoms with Crippen molar-refractivity contribution in [3.8, 4) is 0 Å². The summed E-state index contributed by atoms with van der Waals surface area (Å²) in [6.45, 7) is 7.35. The van der Waals surface area contributed by atoms with Gasteiger partial charge in [0.1, 0.15) is 0 Å². The fourth-order valence-electron chi connectivity index (χ4n) is 3.09. The summed E-state index contributed by atoms with van der Waals surface area (Å²) in [6.07, 6.45) is 0.447. The van der Waals surface area contributed by atoms with Crippen LogP contribution < -0.4 is 0 Å². The molecule has 3 rings (SSSR count). The molecule has 0 spiro atoms. The second-order valence-corrected chi connectivity index (χ2v) is 8.13. The summed E-state index contributed by atoms with van der Waals surface area (Å²) < 4.78 is 5.44. The molecule has 0 saturated carbocycles. The molecule has 26 heavy (non-hydrogen) atoms. The molecule has 138 valence electrons. The SMILES string of the molecule is CC[C@H]1SC2=NC(C)=C(C(=O)OC(C)C)[C@@H](c3ccc(Cl)cc3)N2C1=O. The van der Waals surface area contributed by atoms with Gasteiger partial charge < -0.3 is 4.74 Å². The van der Waals surface area contributed by atoms with Crippen LogP contribution in [0.2, 0.25) is 5.02 Å². The number of amidine groups is 1. The Hall–Kier alpha value is -1.79. The number of rotatable bonds is 4. The van der Waals surface area contributed by atoms with E-state index in [0.29, 0.717) is 27.9 Å². The Morgan fingerprint density at radius 2 is 2.00 bits per heavy atom. The van der Waals surface area contributed by atoms with E-state index in [9.17, 15) is 9.59 Å². The number of carbonyl (C=O) groups excluding carboxylic acids is 2. The van der Waals surface area contributed by atoms with Crippen LogP contribution in [0.4, 0.5) is 0 Å². The number of fused-ring (bicyclic) bond motifs is 1. The Morgan fingerprint density at radius 3 is 2.58 bits per heavy atom. The highest BCUT2D eigenvalue weighted by Gasteiger charge is 2.47. The van der Waals surface area contributed by atoms with E-state index in [-0.39, 0.29) is 17.3 Å². The third-order valence-electron chi connectivity index (χ3n) is 4.27. The smallest absolute Gasteiger partial charge is 0.338 e. The van der Waals surface area contributed by atoms with Crippen molar-refractivity contribution in [2.45, 2.75) is 51.5 Å². The summed E-state index contributed by atoms with van der Waals surface area (Å²) in [6, 6.07) is 6.64. The highest BCUT2D eigenvalue weighted by molar-refractivity contribution is 8.15. The number of ether oxygens (including phenoxy) is 1. The molecule has 2 aliphatic heterocycles. The second kappa shape index (κ2) is 7.45. The molecule has 0 aliphatic carbocycles. The maximum Gasteiger partial charge on any atom is 0.338 e. The number of nitrogens with zero attached hydrogens (tertiary/aromatic N) is 2. The molecule has 2 heterocycles. The van der Waals surface area contributed by atoms with E-state index in [1.165, 1.54) is 11.8 Å². The minimum absolute atomic E-state index is 0.0291. The minimum Gasteiger partial charge on any atom is -0.459 e. The van der Waals surface area contributed by atoms with Crippen molar-refractivity contribution in [1.82, 2.24) is 4.90 Å². The zero-order valence-electron chi connectivity index (χ0n) is 15.2. The highest BCUT2D eigenvalue weighted by atomic mass is 35.5. The number of benzene rings is 1. The number of thioether (sulfide) groups is 1. The van der Waals surface area contributed by atoms with Crippen molar-refractivity contribution in [3.63, 3.8) is 0 Å². The van der Waals surface area contributed by atoms with Gasteiger partial charge in [0, 0.05) is 5.02 Å². The van der Waals surface area contributed by atoms with E-state index >= 15 is 0 Å². The fraction of sp³-hybridized carbons (Fsp3) is 0.421. The number of amides is 1. The van der Waals surface area contributed by atoms with Crippen molar-refractivity contribution >= 4 is 40.4 Å². The molecule has 2 atom stereocenters. The van der Waals surface area contributed by atoms with Gasteiger partial charge in [-0.3, -0.25) is 9.69 Å². The average molecular weight is 393 g/mol. The molecule has 1 amide bonds. The van der Waals surface area contributed by atoms with Gasteiger partial charge in [-0.1, -0.05) is 42.4 Å². The van der Waals surface area contributed by atoms with Gasteiger partial charge in [0.05, 0.1) is 28.7 Å². The van der Waals surface area contributed by atoms with Crippen LogP contribution in [0.1, 0.15) is 45.7 Å². The number of halogens is 1. The lowest BCUT2D eigenvalue weighted by Gasteiger charge is -2.33. The first kappa shape index (κ1) is 19.0. The van der Waals surface area contributed by atoms with Crippen molar-refractivity contribution in [2.24, 2.45) is 4.99 Å². The van der Waals surface area contributed by atoms with Crippen LogP contribution in [0.25, 0.3) is 0 Å². The lowest BCUT2D eigenvalue weighted by Crippen LogP contribution is -2.41. The average Bonchev–Trinajstić information content (AvgIpc) is 2.89. The van der Waals surface area contributed by atoms with E-state index < -0.39 is 12.0 Å². The van der Waals surface area contributed by atoms with Crippen molar-refractivity contribution in [1.29, 1.82) is 0 Å². The summed E-state index contributed by atoms with van der Waals surface area (Å²) in [4.78, 5) is 31.9. The minimum atomic E-state index is -0.553. The van der Waals surface area contributed by atoms with Crippen LogP contribution in [-0.4, -0.2) is 33.3 Å². The monoisotopic (exact) mass is 392 g/mol. The summed E-state index contributed by atoms with van der Waals surface area (Å²) in [5.74, 6) is -0.475. The van der Waals surface area contributed by atoms with Crippen LogP contribution in [-0.2, 0) is 14.3 Å². The number of esters is 1. The molecule has 5 nitrogen and oxygen atoms in total. The first-order chi connectivity index (χ1) is 12.3. The predicted molar refractivity (Wildman–Crippen MR) is 104 cm³/mol. The summed E-state index contributed by atoms with van der Waals surface area (Å²) in [7, 11) is 0. The van der Waals surface area contributed by atoms with Gasteiger partial charge >= 0.3 is 5.97 Å². The Balaban J connectivity index is 2.12. The van der Waals surface area contributed by atoms with E-state index in [0.717, 1.165) is 5.56 Å². The molecule has 0 N–H and O–H groups in total. The van der Waals surface area contributed by atoms with Crippen molar-refractivity contribution in [3.05, 3.63) is 46.1 Å². The Morgan fingerprint density at radius 1 is 1.35 bits per heavy atom. The first-order valence-electron chi connectivity index (χ1n) is 8.59. The molecule has 0 unspecified atom stereocenters. The summed E-state index contributed by atoms with van der Waals surface area (Å²) in [5.41, 5.74) is 1.79. The maximum atomic E-state index is 12.9.